The number of amides is 1. The monoisotopic (exact) mass is 339 g/mol. The molecule has 130 valence electrons. The third-order valence-corrected chi connectivity index (χ3v) is 4.66. The van der Waals surface area contributed by atoms with Crippen LogP contribution in [-0.2, 0) is 29.0 Å². The van der Waals surface area contributed by atoms with Crippen molar-refractivity contribution in [3.63, 3.8) is 0 Å². The first-order chi connectivity index (χ1) is 12.0. The van der Waals surface area contributed by atoms with Gasteiger partial charge in [-0.15, -0.1) is 0 Å². The van der Waals surface area contributed by atoms with Crippen LogP contribution >= 0.6 is 0 Å². The number of anilines is 1. The van der Waals surface area contributed by atoms with Gasteiger partial charge in [0.1, 0.15) is 0 Å². The number of aliphatic carboxylic acids is 1. The van der Waals surface area contributed by atoms with Crippen molar-refractivity contribution in [1.29, 1.82) is 0 Å². The number of aryl methyl sites for hydroxylation is 1. The van der Waals surface area contributed by atoms with Crippen LogP contribution in [0.4, 0.5) is 5.69 Å². The highest BCUT2D eigenvalue weighted by molar-refractivity contribution is 5.94. The van der Waals surface area contributed by atoms with Gasteiger partial charge in [-0.25, -0.2) is 0 Å². The van der Waals surface area contributed by atoms with E-state index in [-0.39, 0.29) is 18.9 Å². The van der Waals surface area contributed by atoms with Crippen LogP contribution in [0.2, 0.25) is 0 Å². The van der Waals surface area contributed by atoms with Crippen molar-refractivity contribution in [3.05, 3.63) is 53.1 Å². The van der Waals surface area contributed by atoms with Gasteiger partial charge in [-0.2, -0.15) is 0 Å². The molecule has 0 spiro atoms. The van der Waals surface area contributed by atoms with Crippen LogP contribution in [0.25, 0.3) is 11.1 Å². The molecule has 1 aliphatic heterocycles. The number of carbonyl (C=O) groups excluding carboxylic acids is 1. The number of carboxylic acid groups (broad SMARTS) is 1. The minimum Gasteiger partial charge on any atom is -0.481 e. The summed E-state index contributed by atoms with van der Waals surface area (Å²) in [6.07, 6.45) is 1.26. The molecule has 2 aromatic rings. The van der Waals surface area contributed by atoms with E-state index >= 15 is 0 Å². The van der Waals surface area contributed by atoms with E-state index in [1.165, 1.54) is 0 Å². The number of aliphatic hydroxyl groups is 1. The van der Waals surface area contributed by atoms with Gasteiger partial charge in [0.15, 0.2) is 0 Å². The van der Waals surface area contributed by atoms with Crippen LogP contribution in [0.5, 0.6) is 0 Å². The Morgan fingerprint density at radius 2 is 1.92 bits per heavy atom. The van der Waals surface area contributed by atoms with Crippen LogP contribution < -0.4 is 4.90 Å². The first kappa shape index (κ1) is 17.2. The summed E-state index contributed by atoms with van der Waals surface area (Å²) in [7, 11) is 0. The van der Waals surface area contributed by atoms with Crippen LogP contribution in [0, 0.1) is 0 Å². The van der Waals surface area contributed by atoms with Gasteiger partial charge in [0.25, 0.3) is 0 Å². The maximum atomic E-state index is 11.7. The van der Waals surface area contributed by atoms with Crippen molar-refractivity contribution in [2.45, 2.75) is 32.8 Å². The van der Waals surface area contributed by atoms with E-state index in [9.17, 15) is 14.7 Å². The molecule has 0 aliphatic carbocycles. The zero-order valence-electron chi connectivity index (χ0n) is 14.2. The molecule has 1 aliphatic rings. The first-order valence-electron chi connectivity index (χ1n) is 8.36. The summed E-state index contributed by atoms with van der Waals surface area (Å²) in [5, 5.41) is 18.7. The van der Waals surface area contributed by atoms with E-state index in [1.54, 1.807) is 11.8 Å². The lowest BCUT2D eigenvalue weighted by atomic mass is 9.91. The highest BCUT2D eigenvalue weighted by atomic mass is 16.4. The highest BCUT2D eigenvalue weighted by Crippen LogP contribution is 2.35. The van der Waals surface area contributed by atoms with Crippen LogP contribution in [-0.4, -0.2) is 28.6 Å². The molecule has 5 heteroatoms. The minimum absolute atomic E-state index is 0.0319. The van der Waals surface area contributed by atoms with Gasteiger partial charge >= 0.3 is 5.97 Å². The van der Waals surface area contributed by atoms with E-state index in [1.807, 2.05) is 30.3 Å². The van der Waals surface area contributed by atoms with Crippen molar-refractivity contribution in [1.82, 2.24) is 0 Å². The summed E-state index contributed by atoms with van der Waals surface area (Å²) in [5.41, 5.74) is 5.58. The number of nitrogens with zero attached hydrogens (tertiary/aromatic N) is 1. The van der Waals surface area contributed by atoms with Gasteiger partial charge in [0.05, 0.1) is 6.61 Å². The number of hydrogen-bond acceptors (Lipinski definition) is 3. The fourth-order valence-corrected chi connectivity index (χ4v) is 3.49. The third-order valence-electron chi connectivity index (χ3n) is 4.66. The lowest BCUT2D eigenvalue weighted by Gasteiger charge is -2.17. The fraction of sp³-hybridized carbons (Fsp3) is 0.300. The molecular formula is C20H21NO4. The Labute approximate surface area is 146 Å². The normalized spacial score (nSPS) is 13.0. The van der Waals surface area contributed by atoms with Gasteiger partial charge in [-0.1, -0.05) is 24.3 Å². The molecule has 0 fully saturated rings. The van der Waals surface area contributed by atoms with Crippen molar-refractivity contribution in [2.24, 2.45) is 0 Å². The first-order valence-corrected chi connectivity index (χ1v) is 8.36. The van der Waals surface area contributed by atoms with E-state index in [0.717, 1.165) is 39.9 Å². The molecule has 1 amide bonds. The van der Waals surface area contributed by atoms with Crippen molar-refractivity contribution in [3.8, 4) is 11.1 Å². The summed E-state index contributed by atoms with van der Waals surface area (Å²) in [6.45, 7) is 2.14. The molecule has 5 nitrogen and oxygen atoms in total. The van der Waals surface area contributed by atoms with Crippen molar-refractivity contribution < 1.29 is 19.8 Å². The predicted molar refractivity (Wildman–Crippen MR) is 95.5 cm³/mol. The SMILES string of the molecule is CC(=O)N1CCc2cc(-c3c(CO)cccc3CCC(=O)O)ccc21. The van der Waals surface area contributed by atoms with E-state index in [0.29, 0.717) is 13.0 Å². The van der Waals surface area contributed by atoms with Crippen LogP contribution in [0.15, 0.2) is 36.4 Å². The summed E-state index contributed by atoms with van der Waals surface area (Å²) in [4.78, 5) is 24.4. The standard InChI is InChI=1S/C20H21NO4/c1-13(23)21-10-9-15-11-16(5-7-18(15)21)20-14(6-8-19(24)25)3-2-4-17(20)12-22/h2-5,7,11,22H,6,8-10,12H2,1H3,(H,24,25). The Kier molecular flexibility index (Phi) is 4.86. The van der Waals surface area contributed by atoms with Crippen LogP contribution in [0.1, 0.15) is 30.0 Å². The van der Waals surface area contributed by atoms with E-state index in [2.05, 4.69) is 6.07 Å². The Bertz CT molecular complexity index is 828. The molecule has 0 saturated heterocycles. The predicted octanol–water partition coefficient (Wildman–Crippen LogP) is 2.77. The number of carboxylic acids is 1. The molecule has 0 radical (unpaired) electrons. The largest absolute Gasteiger partial charge is 0.481 e. The molecule has 2 N–H and O–H groups in total. The Morgan fingerprint density at radius 3 is 2.60 bits per heavy atom. The Morgan fingerprint density at radius 1 is 1.16 bits per heavy atom. The van der Waals surface area contributed by atoms with Crippen molar-refractivity contribution >= 4 is 17.6 Å². The number of fused-ring (bicyclic) bond motifs is 1. The second-order valence-corrected chi connectivity index (χ2v) is 6.27. The maximum Gasteiger partial charge on any atom is 0.303 e. The number of carbonyl (C=O) groups is 2. The minimum atomic E-state index is -0.841. The van der Waals surface area contributed by atoms with E-state index in [4.69, 9.17) is 5.11 Å². The molecular weight excluding hydrogens is 318 g/mol. The molecule has 0 aromatic heterocycles. The lowest BCUT2D eigenvalue weighted by Crippen LogP contribution is -2.25. The second kappa shape index (κ2) is 7.07. The summed E-state index contributed by atoms with van der Waals surface area (Å²) < 4.78 is 0. The average Bonchev–Trinajstić information content (AvgIpc) is 3.02. The highest BCUT2D eigenvalue weighted by Gasteiger charge is 2.23. The number of hydrogen-bond donors (Lipinski definition) is 2. The van der Waals surface area contributed by atoms with Gasteiger partial charge in [0.2, 0.25) is 5.91 Å². The summed E-state index contributed by atoms with van der Waals surface area (Å²) in [5.74, 6) is -0.809. The quantitative estimate of drug-likeness (QED) is 0.878. The molecule has 0 atom stereocenters. The molecule has 0 bridgehead atoms. The summed E-state index contributed by atoms with van der Waals surface area (Å²) >= 11 is 0. The van der Waals surface area contributed by atoms with Crippen molar-refractivity contribution in [2.75, 3.05) is 11.4 Å². The number of rotatable bonds is 5. The molecule has 0 saturated carbocycles. The Balaban J connectivity index is 2.04. The van der Waals surface area contributed by atoms with Crippen LogP contribution in [0.3, 0.4) is 0 Å². The summed E-state index contributed by atoms with van der Waals surface area (Å²) in [6, 6.07) is 11.5. The zero-order chi connectivity index (χ0) is 18.0. The second-order valence-electron chi connectivity index (χ2n) is 6.27. The van der Waals surface area contributed by atoms with Gasteiger partial charge in [-0.05, 0) is 52.8 Å². The molecule has 3 rings (SSSR count). The molecule has 0 unspecified atom stereocenters. The molecule has 1 heterocycles. The average molecular weight is 339 g/mol. The number of aliphatic hydroxyl groups excluding tert-OH is 1. The van der Waals surface area contributed by atoms with E-state index < -0.39 is 5.97 Å². The fourth-order valence-electron chi connectivity index (χ4n) is 3.49. The van der Waals surface area contributed by atoms with Gasteiger partial charge < -0.3 is 15.1 Å². The topological polar surface area (TPSA) is 77.8 Å². The van der Waals surface area contributed by atoms with Gasteiger partial charge in [-0.3, -0.25) is 9.59 Å². The van der Waals surface area contributed by atoms with Gasteiger partial charge in [0, 0.05) is 25.6 Å². The molecule has 2 aromatic carbocycles. The Hall–Kier alpha value is -2.66. The maximum absolute atomic E-state index is 11.7. The lowest BCUT2D eigenvalue weighted by molar-refractivity contribution is -0.137. The number of benzene rings is 2. The zero-order valence-corrected chi connectivity index (χ0v) is 14.2. The third kappa shape index (κ3) is 3.42. The smallest absolute Gasteiger partial charge is 0.303 e. The molecule has 25 heavy (non-hydrogen) atoms.